The average Bonchev–Trinajstić information content (AvgIpc) is 2.78. The highest BCUT2D eigenvalue weighted by Crippen LogP contribution is 2.15. The summed E-state index contributed by atoms with van der Waals surface area (Å²) in [6, 6.07) is 16.1. The zero-order chi connectivity index (χ0) is 22.3. The lowest BCUT2D eigenvalue weighted by Gasteiger charge is -2.14. The second-order valence-corrected chi connectivity index (χ2v) is 7.12. The summed E-state index contributed by atoms with van der Waals surface area (Å²) in [5, 5.41) is 9.25. The monoisotopic (exact) mass is 556 g/mol. The van der Waals surface area contributed by atoms with Crippen LogP contribution in [0.15, 0.2) is 59.6 Å². The van der Waals surface area contributed by atoms with Crippen LogP contribution in [-0.4, -0.2) is 44.7 Å². The van der Waals surface area contributed by atoms with E-state index in [0.29, 0.717) is 32.2 Å². The smallest absolute Gasteiger partial charge is 0.224 e. The molecule has 1 amide bonds. The van der Waals surface area contributed by atoms with Crippen LogP contribution in [-0.2, 0) is 16.0 Å². The number of carbonyl (C=O) groups is 1. The van der Waals surface area contributed by atoms with Crippen LogP contribution in [0.1, 0.15) is 37.5 Å². The van der Waals surface area contributed by atoms with E-state index in [2.05, 4.69) is 40.0 Å². The van der Waals surface area contributed by atoms with Crippen LogP contribution in [0.2, 0.25) is 0 Å². The van der Waals surface area contributed by atoms with Crippen molar-refractivity contribution in [3.63, 3.8) is 0 Å². The molecule has 1 atom stereocenters. The second-order valence-electron chi connectivity index (χ2n) is 7.12. The molecular weight excluding hydrogens is 522 g/mol. The van der Waals surface area contributed by atoms with Crippen LogP contribution in [0, 0.1) is 5.82 Å². The Morgan fingerprint density at radius 2 is 1.72 bits per heavy atom. The maximum Gasteiger partial charge on any atom is 0.224 e. The van der Waals surface area contributed by atoms with Crippen LogP contribution < -0.4 is 16.0 Å². The first-order valence-corrected chi connectivity index (χ1v) is 10.8. The third kappa shape index (κ3) is 11.4. The standard InChI is InChI=1S/C24H33FN4O2.HI/c1-3-26-24(28-14-7-17-31-19(2)21-8-5-4-6-9-21)29-16-15-27-23(30)18-20-10-12-22(25)13-11-20;/h4-6,8-13,19H,3,7,14-18H2,1-2H3,(H,27,30)(H2,26,28,29);1H. The van der Waals surface area contributed by atoms with Gasteiger partial charge in [-0.2, -0.15) is 0 Å². The molecule has 0 aromatic heterocycles. The predicted octanol–water partition coefficient (Wildman–Crippen LogP) is 3.83. The average molecular weight is 556 g/mol. The van der Waals surface area contributed by atoms with E-state index in [1.54, 1.807) is 12.1 Å². The van der Waals surface area contributed by atoms with E-state index in [9.17, 15) is 9.18 Å². The van der Waals surface area contributed by atoms with Gasteiger partial charge in [0.2, 0.25) is 5.91 Å². The Bertz CT molecular complexity index is 803. The van der Waals surface area contributed by atoms with Crippen molar-refractivity contribution in [1.82, 2.24) is 16.0 Å². The van der Waals surface area contributed by atoms with E-state index < -0.39 is 0 Å². The molecule has 6 nitrogen and oxygen atoms in total. The zero-order valence-electron chi connectivity index (χ0n) is 18.8. The van der Waals surface area contributed by atoms with Crippen LogP contribution in [0.25, 0.3) is 0 Å². The number of hydrogen-bond donors (Lipinski definition) is 3. The number of benzene rings is 2. The van der Waals surface area contributed by atoms with Gasteiger partial charge in [-0.3, -0.25) is 9.79 Å². The fraction of sp³-hybridized carbons (Fsp3) is 0.417. The highest BCUT2D eigenvalue weighted by atomic mass is 127. The summed E-state index contributed by atoms with van der Waals surface area (Å²) in [7, 11) is 0. The lowest BCUT2D eigenvalue weighted by molar-refractivity contribution is -0.120. The Kier molecular flexibility index (Phi) is 14.3. The molecule has 3 N–H and O–H groups in total. The fourth-order valence-corrected chi connectivity index (χ4v) is 2.91. The van der Waals surface area contributed by atoms with Crippen molar-refractivity contribution >= 4 is 35.8 Å². The Labute approximate surface area is 207 Å². The highest BCUT2D eigenvalue weighted by Gasteiger charge is 2.05. The van der Waals surface area contributed by atoms with Gasteiger partial charge in [-0.25, -0.2) is 4.39 Å². The number of carbonyl (C=O) groups excluding carboxylic acids is 1. The molecule has 0 bridgehead atoms. The predicted molar refractivity (Wildman–Crippen MR) is 138 cm³/mol. The van der Waals surface area contributed by atoms with Crippen molar-refractivity contribution in [2.75, 3.05) is 32.8 Å². The lowest BCUT2D eigenvalue weighted by Crippen LogP contribution is -2.41. The maximum absolute atomic E-state index is 12.9. The quantitative estimate of drug-likeness (QED) is 0.161. The number of guanidine groups is 1. The molecule has 0 heterocycles. The van der Waals surface area contributed by atoms with Gasteiger partial charge in [0.25, 0.3) is 0 Å². The molecule has 2 aromatic rings. The molecular formula is C24H34FIN4O2. The Morgan fingerprint density at radius 3 is 2.41 bits per heavy atom. The molecule has 1 unspecified atom stereocenters. The van der Waals surface area contributed by atoms with Crippen LogP contribution in [0.4, 0.5) is 4.39 Å². The summed E-state index contributed by atoms with van der Waals surface area (Å²) in [4.78, 5) is 16.5. The number of nitrogens with zero attached hydrogens (tertiary/aromatic N) is 1. The molecule has 32 heavy (non-hydrogen) atoms. The van der Waals surface area contributed by atoms with Crippen molar-refractivity contribution in [3.8, 4) is 0 Å². The minimum Gasteiger partial charge on any atom is -0.374 e. The normalized spacial score (nSPS) is 11.9. The minimum atomic E-state index is -0.305. The van der Waals surface area contributed by atoms with E-state index in [0.717, 1.165) is 18.5 Å². The molecule has 0 spiro atoms. The molecule has 0 aliphatic carbocycles. The first-order valence-electron chi connectivity index (χ1n) is 10.8. The molecule has 8 heteroatoms. The van der Waals surface area contributed by atoms with Gasteiger partial charge in [-0.1, -0.05) is 42.5 Å². The maximum atomic E-state index is 12.9. The lowest BCUT2D eigenvalue weighted by atomic mass is 10.1. The van der Waals surface area contributed by atoms with Gasteiger partial charge in [-0.15, -0.1) is 24.0 Å². The van der Waals surface area contributed by atoms with Crippen molar-refractivity contribution in [2.24, 2.45) is 4.99 Å². The van der Waals surface area contributed by atoms with Gasteiger partial charge in [-0.05, 0) is 43.5 Å². The van der Waals surface area contributed by atoms with Gasteiger partial charge in [0.15, 0.2) is 5.96 Å². The molecule has 0 radical (unpaired) electrons. The molecule has 2 aromatic carbocycles. The molecule has 0 saturated carbocycles. The van der Waals surface area contributed by atoms with Gasteiger partial charge in [0.05, 0.1) is 12.5 Å². The minimum absolute atomic E-state index is 0. The van der Waals surface area contributed by atoms with Crippen molar-refractivity contribution in [3.05, 3.63) is 71.5 Å². The van der Waals surface area contributed by atoms with Crippen molar-refractivity contribution < 1.29 is 13.9 Å². The molecule has 176 valence electrons. The molecule has 2 rings (SSSR count). The third-order valence-corrected chi connectivity index (χ3v) is 4.57. The third-order valence-electron chi connectivity index (χ3n) is 4.57. The number of amides is 1. The van der Waals surface area contributed by atoms with E-state index in [1.807, 2.05) is 25.1 Å². The summed E-state index contributed by atoms with van der Waals surface area (Å²) in [5.41, 5.74) is 1.95. The fourth-order valence-electron chi connectivity index (χ4n) is 2.91. The van der Waals surface area contributed by atoms with Gasteiger partial charge >= 0.3 is 0 Å². The number of hydrogen-bond acceptors (Lipinski definition) is 3. The number of nitrogens with one attached hydrogen (secondary N) is 3. The molecule has 0 aliphatic rings. The topological polar surface area (TPSA) is 74.8 Å². The molecule has 0 saturated heterocycles. The summed E-state index contributed by atoms with van der Waals surface area (Å²) in [5.74, 6) is 0.312. The highest BCUT2D eigenvalue weighted by molar-refractivity contribution is 14.0. The number of rotatable bonds is 12. The largest absolute Gasteiger partial charge is 0.374 e. The summed E-state index contributed by atoms with van der Waals surface area (Å²) >= 11 is 0. The van der Waals surface area contributed by atoms with Crippen LogP contribution in [0.3, 0.4) is 0 Å². The SMILES string of the molecule is CCNC(=NCCCOC(C)c1ccccc1)NCCNC(=O)Cc1ccc(F)cc1.I. The van der Waals surface area contributed by atoms with E-state index in [4.69, 9.17) is 4.74 Å². The Morgan fingerprint density at radius 1 is 1.03 bits per heavy atom. The zero-order valence-corrected chi connectivity index (χ0v) is 21.1. The van der Waals surface area contributed by atoms with Crippen LogP contribution in [0.5, 0.6) is 0 Å². The van der Waals surface area contributed by atoms with E-state index in [-0.39, 0.29) is 48.2 Å². The molecule has 0 fully saturated rings. The number of aliphatic imine (C=N–C) groups is 1. The molecule has 0 aliphatic heterocycles. The van der Waals surface area contributed by atoms with Crippen molar-refractivity contribution in [1.29, 1.82) is 0 Å². The van der Waals surface area contributed by atoms with Crippen molar-refractivity contribution in [2.45, 2.75) is 32.8 Å². The number of halogens is 2. The number of ether oxygens (including phenoxy) is 1. The van der Waals surface area contributed by atoms with E-state index >= 15 is 0 Å². The van der Waals surface area contributed by atoms with Gasteiger partial charge in [0, 0.05) is 32.8 Å². The first-order chi connectivity index (χ1) is 15.1. The summed E-state index contributed by atoms with van der Waals surface area (Å²) in [6.07, 6.45) is 1.12. The van der Waals surface area contributed by atoms with Gasteiger partial charge < -0.3 is 20.7 Å². The first kappa shape index (κ1) is 27.8. The van der Waals surface area contributed by atoms with Crippen LogP contribution >= 0.6 is 24.0 Å². The Balaban J connectivity index is 0.00000512. The van der Waals surface area contributed by atoms with Gasteiger partial charge in [0.1, 0.15) is 5.82 Å². The Hall–Kier alpha value is -2.20. The van der Waals surface area contributed by atoms with E-state index in [1.165, 1.54) is 17.7 Å². The summed E-state index contributed by atoms with van der Waals surface area (Å²) in [6.45, 7) is 7.13. The second kappa shape index (κ2) is 16.4. The summed E-state index contributed by atoms with van der Waals surface area (Å²) < 4.78 is 18.8.